The zero-order valence-corrected chi connectivity index (χ0v) is 12.8. The van der Waals surface area contributed by atoms with E-state index in [-0.39, 0.29) is 6.04 Å². The monoisotopic (exact) mass is 287 g/mol. The van der Waals surface area contributed by atoms with Gasteiger partial charge in [0, 0.05) is 32.7 Å². The lowest BCUT2D eigenvalue weighted by Gasteiger charge is -2.33. The third-order valence-electron chi connectivity index (χ3n) is 4.55. The predicted molar refractivity (Wildman–Crippen MR) is 84.1 cm³/mol. The van der Waals surface area contributed by atoms with Crippen molar-refractivity contribution in [2.24, 2.45) is 0 Å². The van der Waals surface area contributed by atoms with Crippen molar-refractivity contribution in [3.05, 3.63) is 35.4 Å². The molecule has 1 N–H and O–H groups in total. The number of likely N-dealkylation sites (tertiary alicyclic amines) is 1. The van der Waals surface area contributed by atoms with E-state index in [9.17, 15) is 4.79 Å². The average molecular weight is 287 g/mol. The second-order valence-corrected chi connectivity index (χ2v) is 6.19. The van der Waals surface area contributed by atoms with Crippen LogP contribution in [0.25, 0.3) is 0 Å². The second kappa shape index (κ2) is 6.58. The van der Waals surface area contributed by atoms with Crippen molar-refractivity contribution in [2.45, 2.75) is 32.4 Å². The summed E-state index contributed by atoms with van der Waals surface area (Å²) in [6.07, 6.45) is 2.14. The van der Waals surface area contributed by atoms with E-state index in [1.165, 1.54) is 11.1 Å². The number of amides is 1. The van der Waals surface area contributed by atoms with E-state index in [0.717, 1.165) is 52.1 Å². The highest BCUT2D eigenvalue weighted by atomic mass is 16.2. The van der Waals surface area contributed by atoms with E-state index in [1.54, 1.807) is 0 Å². The number of carbonyl (C=O) groups excluding carboxylic acids is 1. The van der Waals surface area contributed by atoms with Crippen molar-refractivity contribution in [3.8, 4) is 0 Å². The lowest BCUT2D eigenvalue weighted by Crippen LogP contribution is -2.52. The quantitative estimate of drug-likeness (QED) is 0.912. The highest BCUT2D eigenvalue weighted by Crippen LogP contribution is 2.22. The van der Waals surface area contributed by atoms with Gasteiger partial charge in [0.2, 0.25) is 5.91 Å². The Morgan fingerprint density at radius 3 is 2.86 bits per heavy atom. The minimum atomic E-state index is 0.0867. The number of piperazine rings is 1. The standard InChI is InChI=1S/C17H25N3O/c1-14-4-2-5-15(12-14)13-20-9-3-6-16(20)17(21)19-10-7-18-8-11-19/h2,4-5,12,16,18H,3,6-11,13H2,1H3. The van der Waals surface area contributed by atoms with Gasteiger partial charge in [-0.15, -0.1) is 0 Å². The average Bonchev–Trinajstić information content (AvgIpc) is 2.95. The van der Waals surface area contributed by atoms with Crippen molar-refractivity contribution in [1.82, 2.24) is 15.1 Å². The van der Waals surface area contributed by atoms with E-state index in [1.807, 2.05) is 4.90 Å². The highest BCUT2D eigenvalue weighted by molar-refractivity contribution is 5.82. The lowest BCUT2D eigenvalue weighted by atomic mass is 10.1. The Morgan fingerprint density at radius 1 is 1.29 bits per heavy atom. The maximum atomic E-state index is 12.7. The van der Waals surface area contributed by atoms with Crippen LogP contribution in [0.5, 0.6) is 0 Å². The fourth-order valence-electron chi connectivity index (χ4n) is 3.44. The SMILES string of the molecule is Cc1cccc(CN2CCCC2C(=O)N2CCNCC2)c1. The van der Waals surface area contributed by atoms with Gasteiger partial charge in [0.05, 0.1) is 6.04 Å². The molecule has 0 aromatic heterocycles. The van der Waals surface area contributed by atoms with Gasteiger partial charge in [-0.2, -0.15) is 0 Å². The number of nitrogens with one attached hydrogen (secondary N) is 1. The largest absolute Gasteiger partial charge is 0.339 e. The number of aryl methyl sites for hydroxylation is 1. The lowest BCUT2D eigenvalue weighted by molar-refractivity contribution is -0.136. The second-order valence-electron chi connectivity index (χ2n) is 6.19. The van der Waals surface area contributed by atoms with Crippen LogP contribution in [0, 0.1) is 6.92 Å². The fraction of sp³-hybridized carbons (Fsp3) is 0.588. The fourth-order valence-corrected chi connectivity index (χ4v) is 3.44. The molecule has 0 radical (unpaired) electrons. The molecule has 4 nitrogen and oxygen atoms in total. The Bertz CT molecular complexity index is 497. The molecule has 1 unspecified atom stereocenters. The van der Waals surface area contributed by atoms with E-state index >= 15 is 0 Å². The molecule has 2 heterocycles. The topological polar surface area (TPSA) is 35.6 Å². The summed E-state index contributed by atoms with van der Waals surface area (Å²) in [6, 6.07) is 8.70. The van der Waals surface area contributed by atoms with Crippen molar-refractivity contribution < 1.29 is 4.79 Å². The van der Waals surface area contributed by atoms with Crippen molar-refractivity contribution in [2.75, 3.05) is 32.7 Å². The summed E-state index contributed by atoms with van der Waals surface area (Å²) < 4.78 is 0. The zero-order chi connectivity index (χ0) is 14.7. The first kappa shape index (κ1) is 14.5. The van der Waals surface area contributed by atoms with E-state index in [4.69, 9.17) is 0 Å². The number of nitrogens with zero attached hydrogens (tertiary/aromatic N) is 2. The van der Waals surface area contributed by atoms with Gasteiger partial charge in [0.25, 0.3) is 0 Å². The number of hydrogen-bond acceptors (Lipinski definition) is 3. The summed E-state index contributed by atoms with van der Waals surface area (Å²) in [5.74, 6) is 0.335. The van der Waals surface area contributed by atoms with Crippen LogP contribution in [-0.2, 0) is 11.3 Å². The Balaban J connectivity index is 1.66. The van der Waals surface area contributed by atoms with Gasteiger partial charge < -0.3 is 10.2 Å². The molecule has 2 aliphatic rings. The highest BCUT2D eigenvalue weighted by Gasteiger charge is 2.33. The normalized spacial score (nSPS) is 23.5. The van der Waals surface area contributed by atoms with Gasteiger partial charge in [-0.3, -0.25) is 9.69 Å². The number of benzene rings is 1. The Hall–Kier alpha value is -1.39. The third kappa shape index (κ3) is 3.44. The van der Waals surface area contributed by atoms with Crippen LogP contribution < -0.4 is 5.32 Å². The molecule has 0 spiro atoms. The molecular formula is C17H25N3O. The van der Waals surface area contributed by atoms with Crippen LogP contribution >= 0.6 is 0 Å². The maximum absolute atomic E-state index is 12.7. The molecule has 0 saturated carbocycles. The van der Waals surface area contributed by atoms with Gasteiger partial charge in [0.15, 0.2) is 0 Å². The zero-order valence-electron chi connectivity index (χ0n) is 12.8. The molecule has 2 saturated heterocycles. The molecule has 1 aromatic rings. The van der Waals surface area contributed by atoms with Crippen LogP contribution in [0.2, 0.25) is 0 Å². The Morgan fingerprint density at radius 2 is 2.10 bits per heavy atom. The molecule has 114 valence electrons. The molecular weight excluding hydrogens is 262 g/mol. The number of rotatable bonds is 3. The molecule has 2 fully saturated rings. The van der Waals surface area contributed by atoms with Crippen molar-refractivity contribution >= 4 is 5.91 Å². The molecule has 4 heteroatoms. The summed E-state index contributed by atoms with van der Waals surface area (Å²) in [4.78, 5) is 17.1. The molecule has 0 aliphatic carbocycles. The smallest absolute Gasteiger partial charge is 0.240 e. The molecule has 21 heavy (non-hydrogen) atoms. The summed E-state index contributed by atoms with van der Waals surface area (Å²) in [7, 11) is 0. The first-order valence-electron chi connectivity index (χ1n) is 8.03. The van der Waals surface area contributed by atoms with E-state index < -0.39 is 0 Å². The summed E-state index contributed by atoms with van der Waals surface area (Å²) in [5.41, 5.74) is 2.60. The van der Waals surface area contributed by atoms with Gasteiger partial charge in [-0.25, -0.2) is 0 Å². The minimum absolute atomic E-state index is 0.0867. The van der Waals surface area contributed by atoms with Gasteiger partial charge >= 0.3 is 0 Å². The Labute approximate surface area is 127 Å². The van der Waals surface area contributed by atoms with E-state index in [2.05, 4.69) is 41.4 Å². The number of hydrogen-bond donors (Lipinski definition) is 1. The molecule has 2 aliphatic heterocycles. The third-order valence-corrected chi connectivity index (χ3v) is 4.55. The van der Waals surface area contributed by atoms with Gasteiger partial charge in [0.1, 0.15) is 0 Å². The maximum Gasteiger partial charge on any atom is 0.240 e. The van der Waals surface area contributed by atoms with Crippen LogP contribution in [0.1, 0.15) is 24.0 Å². The van der Waals surface area contributed by atoms with Crippen LogP contribution in [-0.4, -0.2) is 54.5 Å². The predicted octanol–water partition coefficient (Wildman–Crippen LogP) is 1.39. The molecule has 1 amide bonds. The van der Waals surface area contributed by atoms with Gasteiger partial charge in [-0.1, -0.05) is 29.8 Å². The first-order chi connectivity index (χ1) is 10.2. The molecule has 0 bridgehead atoms. The molecule has 1 atom stereocenters. The van der Waals surface area contributed by atoms with Crippen LogP contribution in [0.15, 0.2) is 24.3 Å². The van der Waals surface area contributed by atoms with E-state index in [0.29, 0.717) is 5.91 Å². The van der Waals surface area contributed by atoms with Crippen LogP contribution in [0.4, 0.5) is 0 Å². The minimum Gasteiger partial charge on any atom is -0.339 e. The summed E-state index contributed by atoms with van der Waals surface area (Å²) in [5, 5.41) is 3.31. The first-order valence-corrected chi connectivity index (χ1v) is 8.03. The summed E-state index contributed by atoms with van der Waals surface area (Å²) in [6.45, 7) is 7.62. The van der Waals surface area contributed by atoms with Gasteiger partial charge in [-0.05, 0) is 31.9 Å². The molecule has 1 aromatic carbocycles. The van der Waals surface area contributed by atoms with Crippen molar-refractivity contribution in [1.29, 1.82) is 0 Å². The summed E-state index contributed by atoms with van der Waals surface area (Å²) >= 11 is 0. The van der Waals surface area contributed by atoms with Crippen molar-refractivity contribution in [3.63, 3.8) is 0 Å². The molecule has 3 rings (SSSR count). The Kier molecular flexibility index (Phi) is 4.56. The number of carbonyl (C=O) groups is 1. The van der Waals surface area contributed by atoms with Crippen LogP contribution in [0.3, 0.4) is 0 Å².